The Kier molecular flexibility index (Phi) is 6.26. The first-order valence-electron chi connectivity index (χ1n) is 5.77. The number of nitrogens with zero attached hydrogens (tertiary/aromatic N) is 1. The second kappa shape index (κ2) is 7.04. The summed E-state index contributed by atoms with van der Waals surface area (Å²) >= 11 is 9.33. The van der Waals surface area contributed by atoms with Gasteiger partial charge in [0.05, 0.1) is 10.8 Å². The average molecular weight is 370 g/mol. The number of nitrogens with two attached hydrogens (primary N) is 1. The fraction of sp³-hybridized carbons (Fsp3) is 0.500. The van der Waals surface area contributed by atoms with Crippen molar-refractivity contribution in [2.45, 2.75) is 6.04 Å². The van der Waals surface area contributed by atoms with Gasteiger partial charge >= 0.3 is 0 Å². The molecule has 1 unspecified atom stereocenters. The highest BCUT2D eigenvalue weighted by atomic mass is 79.9. The van der Waals surface area contributed by atoms with Gasteiger partial charge in [-0.25, -0.2) is 8.42 Å². The molecule has 0 bridgehead atoms. The van der Waals surface area contributed by atoms with E-state index in [2.05, 4.69) is 15.9 Å². The van der Waals surface area contributed by atoms with Crippen LogP contribution in [0.5, 0.6) is 0 Å². The van der Waals surface area contributed by atoms with Crippen molar-refractivity contribution >= 4 is 37.4 Å². The highest BCUT2D eigenvalue weighted by Gasteiger charge is 2.17. The molecule has 0 saturated carbocycles. The van der Waals surface area contributed by atoms with Gasteiger partial charge in [0.1, 0.15) is 9.84 Å². The minimum Gasteiger partial charge on any atom is -0.329 e. The molecule has 0 fully saturated rings. The maximum atomic E-state index is 11.2. The van der Waals surface area contributed by atoms with Crippen molar-refractivity contribution in [3.8, 4) is 0 Å². The van der Waals surface area contributed by atoms with Gasteiger partial charge in [0.15, 0.2) is 0 Å². The molecule has 0 aliphatic carbocycles. The van der Waals surface area contributed by atoms with Crippen molar-refractivity contribution in [1.29, 1.82) is 0 Å². The first kappa shape index (κ1) is 16.9. The third-order valence-electron chi connectivity index (χ3n) is 2.90. The summed E-state index contributed by atoms with van der Waals surface area (Å²) in [5, 5.41) is 0.637. The van der Waals surface area contributed by atoms with Crippen LogP contribution in [0.1, 0.15) is 11.6 Å². The van der Waals surface area contributed by atoms with Gasteiger partial charge in [-0.2, -0.15) is 0 Å². The standard InChI is InChI=1S/C12H18BrClN2O2S/c1-16(5-6-19(2,17)18)12(8-15)9-3-4-11(14)10(13)7-9/h3-4,7,12H,5-6,8,15H2,1-2H3. The SMILES string of the molecule is CN(CCS(C)(=O)=O)C(CN)c1ccc(Cl)c(Br)c1. The van der Waals surface area contributed by atoms with E-state index in [-0.39, 0.29) is 11.8 Å². The highest BCUT2D eigenvalue weighted by Crippen LogP contribution is 2.27. The van der Waals surface area contributed by atoms with E-state index in [1.54, 1.807) is 6.07 Å². The number of benzene rings is 1. The van der Waals surface area contributed by atoms with Crippen molar-refractivity contribution in [3.05, 3.63) is 33.3 Å². The Morgan fingerprint density at radius 1 is 1.47 bits per heavy atom. The number of sulfone groups is 1. The first-order valence-corrected chi connectivity index (χ1v) is 9.00. The molecule has 0 aromatic heterocycles. The predicted octanol–water partition coefficient (Wildman–Crippen LogP) is 2.08. The van der Waals surface area contributed by atoms with Crippen molar-refractivity contribution in [2.24, 2.45) is 5.73 Å². The zero-order valence-corrected chi connectivity index (χ0v) is 14.1. The summed E-state index contributed by atoms with van der Waals surface area (Å²) in [4.78, 5) is 1.94. The van der Waals surface area contributed by atoms with E-state index in [1.807, 2.05) is 24.1 Å². The molecule has 0 spiro atoms. The van der Waals surface area contributed by atoms with Crippen LogP contribution < -0.4 is 5.73 Å². The van der Waals surface area contributed by atoms with Crippen LogP contribution in [0, 0.1) is 0 Å². The Morgan fingerprint density at radius 3 is 2.58 bits per heavy atom. The van der Waals surface area contributed by atoms with E-state index in [0.717, 1.165) is 10.0 Å². The maximum absolute atomic E-state index is 11.2. The highest BCUT2D eigenvalue weighted by molar-refractivity contribution is 9.10. The molecule has 19 heavy (non-hydrogen) atoms. The van der Waals surface area contributed by atoms with Gasteiger partial charge in [0.25, 0.3) is 0 Å². The Labute approximate surface area is 128 Å². The minimum atomic E-state index is -2.97. The molecular weight excluding hydrogens is 352 g/mol. The van der Waals surface area contributed by atoms with Crippen molar-refractivity contribution in [2.75, 3.05) is 32.1 Å². The predicted molar refractivity (Wildman–Crippen MR) is 83.3 cm³/mol. The zero-order valence-electron chi connectivity index (χ0n) is 10.9. The summed E-state index contributed by atoms with van der Waals surface area (Å²) in [6, 6.07) is 5.59. The summed E-state index contributed by atoms with van der Waals surface area (Å²) in [5.41, 5.74) is 6.80. The van der Waals surface area contributed by atoms with Crippen LogP contribution >= 0.6 is 27.5 Å². The van der Waals surface area contributed by atoms with Gasteiger partial charge in [-0.05, 0) is 40.7 Å². The Hall–Kier alpha value is -0.140. The number of likely N-dealkylation sites (N-methyl/N-ethyl adjacent to an activating group) is 1. The minimum absolute atomic E-state index is 0.0321. The summed E-state index contributed by atoms with van der Waals surface area (Å²) in [7, 11) is -1.10. The third kappa shape index (κ3) is 5.39. The van der Waals surface area contributed by atoms with Crippen LogP contribution in [0.4, 0.5) is 0 Å². The number of hydrogen-bond donors (Lipinski definition) is 1. The molecule has 0 aliphatic rings. The second-order valence-corrected chi connectivity index (χ2v) is 8.06. The lowest BCUT2D eigenvalue weighted by atomic mass is 10.1. The van der Waals surface area contributed by atoms with Gasteiger partial charge in [-0.1, -0.05) is 17.7 Å². The van der Waals surface area contributed by atoms with Crippen molar-refractivity contribution < 1.29 is 8.42 Å². The van der Waals surface area contributed by atoms with E-state index in [4.69, 9.17) is 17.3 Å². The summed E-state index contributed by atoms with van der Waals surface area (Å²) in [6.45, 7) is 0.856. The van der Waals surface area contributed by atoms with Crippen LogP contribution in [0.25, 0.3) is 0 Å². The molecule has 1 aromatic carbocycles. The van der Waals surface area contributed by atoms with E-state index < -0.39 is 9.84 Å². The van der Waals surface area contributed by atoms with Crippen molar-refractivity contribution in [3.63, 3.8) is 0 Å². The zero-order chi connectivity index (χ0) is 14.6. The van der Waals surface area contributed by atoms with Crippen LogP contribution in [-0.4, -0.2) is 45.5 Å². The Bertz CT molecular complexity index is 537. The summed E-state index contributed by atoms with van der Waals surface area (Å²) < 4.78 is 23.2. The fourth-order valence-corrected chi connectivity index (χ4v) is 2.89. The largest absolute Gasteiger partial charge is 0.329 e. The van der Waals surface area contributed by atoms with Gasteiger partial charge in [0.2, 0.25) is 0 Å². The topological polar surface area (TPSA) is 63.4 Å². The number of halogens is 2. The first-order chi connectivity index (χ1) is 8.74. The molecule has 1 rings (SSSR count). The van der Waals surface area contributed by atoms with E-state index >= 15 is 0 Å². The molecule has 1 aromatic rings. The molecule has 0 amide bonds. The smallest absolute Gasteiger partial charge is 0.148 e. The lowest BCUT2D eigenvalue weighted by Gasteiger charge is -2.27. The lowest BCUT2D eigenvalue weighted by molar-refractivity contribution is 0.264. The van der Waals surface area contributed by atoms with Gasteiger partial charge in [0, 0.05) is 29.9 Å². The van der Waals surface area contributed by atoms with Gasteiger partial charge in [-0.15, -0.1) is 0 Å². The summed E-state index contributed by atoms with van der Waals surface area (Å²) in [5.74, 6) is 0.120. The van der Waals surface area contributed by atoms with Gasteiger partial charge < -0.3 is 5.73 Å². The quantitative estimate of drug-likeness (QED) is 0.834. The van der Waals surface area contributed by atoms with E-state index in [9.17, 15) is 8.42 Å². The number of hydrogen-bond acceptors (Lipinski definition) is 4. The molecule has 108 valence electrons. The Morgan fingerprint density at radius 2 is 2.11 bits per heavy atom. The molecule has 0 heterocycles. The molecule has 1 atom stereocenters. The van der Waals surface area contributed by atoms with Crippen LogP contribution in [0.2, 0.25) is 5.02 Å². The van der Waals surface area contributed by atoms with Crippen LogP contribution in [0.3, 0.4) is 0 Å². The molecule has 7 heteroatoms. The fourth-order valence-electron chi connectivity index (χ4n) is 1.76. The molecule has 4 nitrogen and oxygen atoms in total. The van der Waals surface area contributed by atoms with Crippen molar-refractivity contribution in [1.82, 2.24) is 4.90 Å². The lowest BCUT2D eigenvalue weighted by Crippen LogP contribution is -2.34. The van der Waals surface area contributed by atoms with Gasteiger partial charge in [-0.3, -0.25) is 4.90 Å². The molecule has 0 aliphatic heterocycles. The maximum Gasteiger partial charge on any atom is 0.148 e. The molecule has 0 saturated heterocycles. The third-order valence-corrected chi connectivity index (χ3v) is 5.04. The van der Waals surface area contributed by atoms with E-state index in [0.29, 0.717) is 18.1 Å². The molecule has 2 N–H and O–H groups in total. The second-order valence-electron chi connectivity index (χ2n) is 4.54. The summed E-state index contributed by atoms with van der Waals surface area (Å²) in [6.07, 6.45) is 1.23. The average Bonchev–Trinajstić information content (AvgIpc) is 2.31. The monoisotopic (exact) mass is 368 g/mol. The Balaban J connectivity index is 2.84. The van der Waals surface area contributed by atoms with Crippen LogP contribution in [-0.2, 0) is 9.84 Å². The van der Waals surface area contributed by atoms with E-state index in [1.165, 1.54) is 6.26 Å². The normalized spacial score (nSPS) is 13.8. The van der Waals surface area contributed by atoms with Crippen LogP contribution in [0.15, 0.2) is 22.7 Å². The molecular formula is C12H18BrClN2O2S. The number of rotatable bonds is 6. The molecule has 0 radical (unpaired) electrons.